The molecule has 1 amide bonds. The molecule has 0 radical (unpaired) electrons. The molecular formula is C10H13Cl2NO2S. The Labute approximate surface area is 111 Å². The van der Waals surface area contributed by atoms with Gasteiger partial charge in [0, 0.05) is 11.1 Å². The van der Waals surface area contributed by atoms with E-state index in [9.17, 15) is 4.79 Å². The van der Waals surface area contributed by atoms with Crippen molar-refractivity contribution in [3.05, 3.63) is 33.8 Å². The van der Waals surface area contributed by atoms with Crippen LogP contribution in [-0.2, 0) is 0 Å². The lowest BCUT2D eigenvalue weighted by atomic mass is 10.2. The van der Waals surface area contributed by atoms with Crippen LogP contribution in [0, 0.1) is 0 Å². The van der Waals surface area contributed by atoms with Crippen molar-refractivity contribution in [3.63, 3.8) is 0 Å². The van der Waals surface area contributed by atoms with Crippen LogP contribution in [0.4, 0.5) is 0 Å². The van der Waals surface area contributed by atoms with E-state index < -0.39 is 0 Å². The molecule has 1 atom stereocenters. The van der Waals surface area contributed by atoms with Gasteiger partial charge in [0.25, 0.3) is 5.91 Å². The molecule has 0 fully saturated rings. The molecule has 6 heteroatoms. The molecular weight excluding hydrogens is 269 g/mol. The summed E-state index contributed by atoms with van der Waals surface area (Å²) in [5, 5.41) is 12.1. The van der Waals surface area contributed by atoms with Gasteiger partial charge < -0.3 is 10.4 Å². The minimum atomic E-state index is -0.321. The topological polar surface area (TPSA) is 49.3 Å². The Balaban J connectivity index is 0.00000225. The van der Waals surface area contributed by atoms with Crippen molar-refractivity contribution in [2.45, 2.75) is 13.0 Å². The third kappa shape index (κ3) is 4.22. The molecule has 0 saturated heterocycles. The Morgan fingerprint density at radius 1 is 1.50 bits per heavy atom. The standard InChI is InChI=1S/C10H11Cl2NO2.H2S/c1-6(5-14)13-10(15)8-3-2-7(11)4-9(8)12;/h2-4,6,14H,5H2,1H3,(H,13,15);1H2/t6-;/m0./s1. The molecule has 0 aliphatic carbocycles. The summed E-state index contributed by atoms with van der Waals surface area (Å²) in [6.07, 6.45) is 0. The summed E-state index contributed by atoms with van der Waals surface area (Å²) in [4.78, 5) is 11.6. The van der Waals surface area contributed by atoms with E-state index in [4.69, 9.17) is 28.3 Å². The molecule has 0 bridgehead atoms. The Bertz CT molecular complexity index is 374. The van der Waals surface area contributed by atoms with E-state index in [0.29, 0.717) is 15.6 Å². The van der Waals surface area contributed by atoms with Gasteiger partial charge in [-0.1, -0.05) is 23.2 Å². The summed E-state index contributed by atoms with van der Waals surface area (Å²) in [6.45, 7) is 1.58. The van der Waals surface area contributed by atoms with Crippen molar-refractivity contribution in [2.75, 3.05) is 6.61 Å². The van der Waals surface area contributed by atoms with Crippen LogP contribution in [0.1, 0.15) is 17.3 Å². The number of rotatable bonds is 3. The Hall–Kier alpha value is -0.420. The highest BCUT2D eigenvalue weighted by Crippen LogP contribution is 2.20. The van der Waals surface area contributed by atoms with Crippen molar-refractivity contribution in [1.82, 2.24) is 5.32 Å². The smallest absolute Gasteiger partial charge is 0.253 e. The molecule has 16 heavy (non-hydrogen) atoms. The number of benzene rings is 1. The lowest BCUT2D eigenvalue weighted by Crippen LogP contribution is -2.35. The second kappa shape index (κ2) is 7.01. The molecule has 0 aliphatic heterocycles. The van der Waals surface area contributed by atoms with Gasteiger partial charge in [-0.15, -0.1) is 0 Å². The van der Waals surface area contributed by atoms with E-state index in [2.05, 4.69) is 5.32 Å². The minimum absolute atomic E-state index is 0. The third-order valence-corrected chi connectivity index (χ3v) is 2.37. The molecule has 1 rings (SSSR count). The van der Waals surface area contributed by atoms with Crippen LogP contribution in [0.2, 0.25) is 10.0 Å². The first-order valence-electron chi connectivity index (χ1n) is 4.41. The predicted octanol–water partition coefficient (Wildman–Crippen LogP) is 2.22. The zero-order chi connectivity index (χ0) is 11.4. The van der Waals surface area contributed by atoms with Gasteiger partial charge in [-0.3, -0.25) is 4.79 Å². The molecule has 0 saturated carbocycles. The van der Waals surface area contributed by atoms with Crippen molar-refractivity contribution < 1.29 is 9.90 Å². The first-order chi connectivity index (χ1) is 7.04. The average Bonchev–Trinajstić information content (AvgIpc) is 2.17. The molecule has 0 aromatic heterocycles. The number of carbonyl (C=O) groups is 1. The Morgan fingerprint density at radius 2 is 2.12 bits per heavy atom. The quantitative estimate of drug-likeness (QED) is 0.893. The van der Waals surface area contributed by atoms with E-state index in [1.54, 1.807) is 19.1 Å². The predicted molar refractivity (Wildman–Crippen MR) is 70.9 cm³/mol. The van der Waals surface area contributed by atoms with Crippen LogP contribution < -0.4 is 5.32 Å². The number of hydrogen-bond donors (Lipinski definition) is 2. The highest BCUT2D eigenvalue weighted by Gasteiger charge is 2.12. The fraction of sp³-hybridized carbons (Fsp3) is 0.300. The van der Waals surface area contributed by atoms with Gasteiger partial charge in [0.15, 0.2) is 0 Å². The van der Waals surface area contributed by atoms with Crippen LogP contribution >= 0.6 is 36.7 Å². The van der Waals surface area contributed by atoms with Gasteiger partial charge in [-0.25, -0.2) is 0 Å². The van der Waals surface area contributed by atoms with Gasteiger partial charge in [0.2, 0.25) is 0 Å². The maximum atomic E-state index is 11.6. The first-order valence-corrected chi connectivity index (χ1v) is 5.17. The molecule has 3 nitrogen and oxygen atoms in total. The molecule has 90 valence electrons. The molecule has 1 aromatic carbocycles. The summed E-state index contributed by atoms with van der Waals surface area (Å²) in [5.74, 6) is -0.321. The Morgan fingerprint density at radius 3 is 2.62 bits per heavy atom. The lowest BCUT2D eigenvalue weighted by Gasteiger charge is -2.11. The highest BCUT2D eigenvalue weighted by atomic mass is 35.5. The van der Waals surface area contributed by atoms with Gasteiger partial charge in [-0.05, 0) is 25.1 Å². The number of nitrogens with one attached hydrogen (secondary N) is 1. The summed E-state index contributed by atoms with van der Waals surface area (Å²) >= 11 is 11.5. The molecule has 0 unspecified atom stereocenters. The van der Waals surface area contributed by atoms with Crippen LogP contribution in [0.25, 0.3) is 0 Å². The van der Waals surface area contributed by atoms with Gasteiger partial charge in [0.1, 0.15) is 0 Å². The Kier molecular flexibility index (Phi) is 6.83. The third-order valence-electron chi connectivity index (χ3n) is 1.83. The molecule has 2 N–H and O–H groups in total. The monoisotopic (exact) mass is 281 g/mol. The van der Waals surface area contributed by atoms with Gasteiger partial charge in [-0.2, -0.15) is 13.5 Å². The molecule has 1 aromatic rings. The summed E-state index contributed by atoms with van der Waals surface area (Å²) in [7, 11) is 0. The van der Waals surface area contributed by atoms with Gasteiger partial charge >= 0.3 is 0 Å². The fourth-order valence-corrected chi connectivity index (χ4v) is 1.52. The number of aliphatic hydroxyl groups is 1. The van der Waals surface area contributed by atoms with E-state index >= 15 is 0 Å². The van der Waals surface area contributed by atoms with Crippen molar-refractivity contribution in [3.8, 4) is 0 Å². The number of aliphatic hydroxyl groups excluding tert-OH is 1. The van der Waals surface area contributed by atoms with Crippen molar-refractivity contribution in [2.24, 2.45) is 0 Å². The number of halogens is 2. The first kappa shape index (κ1) is 15.6. The van der Waals surface area contributed by atoms with Crippen LogP contribution in [-0.4, -0.2) is 23.7 Å². The fourth-order valence-electron chi connectivity index (χ4n) is 1.02. The van der Waals surface area contributed by atoms with Crippen LogP contribution in [0.3, 0.4) is 0 Å². The average molecular weight is 282 g/mol. The lowest BCUT2D eigenvalue weighted by molar-refractivity contribution is 0.0922. The zero-order valence-corrected chi connectivity index (χ0v) is 11.1. The molecule has 0 aliphatic rings. The van der Waals surface area contributed by atoms with Crippen molar-refractivity contribution in [1.29, 1.82) is 0 Å². The SMILES string of the molecule is C[C@@H](CO)NC(=O)c1ccc(Cl)cc1Cl.S. The highest BCUT2D eigenvalue weighted by molar-refractivity contribution is 7.59. The number of hydrogen-bond acceptors (Lipinski definition) is 2. The number of carbonyl (C=O) groups excluding carboxylic acids is 1. The molecule has 0 spiro atoms. The maximum absolute atomic E-state index is 11.6. The summed E-state index contributed by atoms with van der Waals surface area (Å²) in [5.41, 5.74) is 0.348. The van der Waals surface area contributed by atoms with E-state index in [-0.39, 0.29) is 32.1 Å². The van der Waals surface area contributed by atoms with Crippen LogP contribution in [0.15, 0.2) is 18.2 Å². The second-order valence-electron chi connectivity index (χ2n) is 3.18. The van der Waals surface area contributed by atoms with E-state index in [1.165, 1.54) is 6.07 Å². The zero-order valence-electron chi connectivity index (χ0n) is 8.63. The normalized spacial score (nSPS) is 11.5. The van der Waals surface area contributed by atoms with Gasteiger partial charge in [0.05, 0.1) is 17.2 Å². The van der Waals surface area contributed by atoms with Crippen molar-refractivity contribution >= 4 is 42.6 Å². The van der Waals surface area contributed by atoms with Crippen LogP contribution in [0.5, 0.6) is 0 Å². The number of amides is 1. The summed E-state index contributed by atoms with van der Waals surface area (Å²) in [6, 6.07) is 4.33. The summed E-state index contributed by atoms with van der Waals surface area (Å²) < 4.78 is 0. The second-order valence-corrected chi connectivity index (χ2v) is 4.02. The molecule has 0 heterocycles. The largest absolute Gasteiger partial charge is 0.394 e. The maximum Gasteiger partial charge on any atom is 0.253 e. The van der Waals surface area contributed by atoms with E-state index in [1.807, 2.05) is 0 Å². The minimum Gasteiger partial charge on any atom is -0.394 e. The van der Waals surface area contributed by atoms with E-state index in [0.717, 1.165) is 0 Å².